The minimum absolute atomic E-state index is 0.0473. The van der Waals surface area contributed by atoms with Crippen molar-refractivity contribution in [1.29, 1.82) is 0 Å². The monoisotopic (exact) mass is 459 g/mol. The number of morpholine rings is 1. The third kappa shape index (κ3) is 5.26. The molecule has 0 unspecified atom stereocenters. The number of nitrogens with one attached hydrogen (secondary N) is 1. The van der Waals surface area contributed by atoms with Gasteiger partial charge >= 0.3 is 0 Å². The van der Waals surface area contributed by atoms with Crippen LogP contribution in [0, 0.1) is 0 Å². The Hall–Kier alpha value is -2.13. The van der Waals surface area contributed by atoms with Crippen molar-refractivity contribution in [1.82, 2.24) is 9.62 Å². The van der Waals surface area contributed by atoms with Crippen LogP contribution in [0.1, 0.15) is 30.5 Å². The van der Waals surface area contributed by atoms with Crippen LogP contribution in [-0.4, -0.2) is 66.4 Å². The van der Waals surface area contributed by atoms with E-state index in [1.54, 1.807) is 24.3 Å². The number of benzene rings is 2. The van der Waals surface area contributed by atoms with Gasteiger partial charge in [-0.1, -0.05) is 12.1 Å². The maximum Gasteiger partial charge on any atom is 0.240 e. The molecule has 0 saturated carbocycles. The fourth-order valence-corrected chi connectivity index (χ4v) is 5.55. The molecule has 174 valence electrons. The van der Waals surface area contributed by atoms with Gasteiger partial charge in [-0.05, 0) is 61.2 Å². The molecule has 2 aromatic carbocycles. The summed E-state index contributed by atoms with van der Waals surface area (Å²) in [5.74, 6) is 0.664. The lowest BCUT2D eigenvalue weighted by Gasteiger charge is -2.36. The second-order valence-corrected chi connectivity index (χ2v) is 10.1. The van der Waals surface area contributed by atoms with Crippen molar-refractivity contribution in [3.63, 3.8) is 0 Å². The molecule has 0 spiro atoms. The quantitative estimate of drug-likeness (QED) is 0.655. The van der Waals surface area contributed by atoms with Gasteiger partial charge in [-0.2, -0.15) is 0 Å². The van der Waals surface area contributed by atoms with E-state index in [-0.39, 0.29) is 10.9 Å². The molecular formula is C24H33N3O4S. The van der Waals surface area contributed by atoms with Crippen LogP contribution in [0.4, 0.5) is 5.69 Å². The largest absolute Gasteiger partial charge is 0.494 e. The first kappa shape index (κ1) is 23.0. The molecule has 0 aromatic heterocycles. The van der Waals surface area contributed by atoms with Crippen LogP contribution < -0.4 is 14.4 Å². The van der Waals surface area contributed by atoms with Gasteiger partial charge in [0, 0.05) is 45.0 Å². The predicted octanol–water partition coefficient (Wildman–Crippen LogP) is 2.82. The van der Waals surface area contributed by atoms with Crippen molar-refractivity contribution in [2.45, 2.75) is 30.7 Å². The molecule has 0 amide bonds. The molecule has 4 rings (SSSR count). The van der Waals surface area contributed by atoms with Gasteiger partial charge in [0.25, 0.3) is 0 Å². The lowest BCUT2D eigenvalue weighted by atomic mass is 9.96. The fourth-order valence-electron chi connectivity index (χ4n) is 4.51. The van der Waals surface area contributed by atoms with E-state index < -0.39 is 10.0 Å². The Kier molecular flexibility index (Phi) is 7.35. The highest BCUT2D eigenvalue weighted by molar-refractivity contribution is 7.89. The van der Waals surface area contributed by atoms with Gasteiger partial charge in [-0.15, -0.1) is 0 Å². The van der Waals surface area contributed by atoms with Crippen LogP contribution in [0.3, 0.4) is 0 Å². The Morgan fingerprint density at radius 3 is 2.56 bits per heavy atom. The summed E-state index contributed by atoms with van der Waals surface area (Å²) in [5.41, 5.74) is 3.76. The lowest BCUT2D eigenvalue weighted by molar-refractivity contribution is 0.0172. The molecule has 1 saturated heterocycles. The van der Waals surface area contributed by atoms with Crippen molar-refractivity contribution in [2.75, 3.05) is 57.9 Å². The lowest BCUT2D eigenvalue weighted by Crippen LogP contribution is -2.43. The van der Waals surface area contributed by atoms with Gasteiger partial charge < -0.3 is 14.4 Å². The number of ether oxygens (including phenoxy) is 2. The second-order valence-electron chi connectivity index (χ2n) is 8.33. The molecule has 0 bridgehead atoms. The van der Waals surface area contributed by atoms with E-state index in [1.165, 1.54) is 11.3 Å². The van der Waals surface area contributed by atoms with Crippen LogP contribution in [0.2, 0.25) is 0 Å². The normalized spacial score (nSPS) is 18.2. The molecule has 0 aliphatic carbocycles. The van der Waals surface area contributed by atoms with E-state index in [1.807, 2.05) is 6.92 Å². The maximum absolute atomic E-state index is 13.0. The average molecular weight is 460 g/mol. The molecule has 1 fully saturated rings. The number of hydrogen-bond donors (Lipinski definition) is 1. The van der Waals surface area contributed by atoms with Gasteiger partial charge in [-0.25, -0.2) is 13.1 Å². The zero-order chi connectivity index (χ0) is 22.6. The van der Waals surface area contributed by atoms with Gasteiger partial charge in [0.15, 0.2) is 0 Å². The van der Waals surface area contributed by atoms with Crippen LogP contribution >= 0.6 is 0 Å². The Morgan fingerprint density at radius 2 is 1.84 bits per heavy atom. The summed E-state index contributed by atoms with van der Waals surface area (Å²) < 4.78 is 39.8. The first-order valence-corrected chi connectivity index (χ1v) is 12.8. The Morgan fingerprint density at radius 1 is 1.09 bits per heavy atom. The SMILES string of the molecule is CCOc1ccc(S(=O)(=O)NC[C@@H](c2ccc3c(c2)CCCN3C)N2CCOCC2)cc1. The van der Waals surface area contributed by atoms with E-state index in [9.17, 15) is 8.42 Å². The minimum Gasteiger partial charge on any atom is -0.494 e. The summed E-state index contributed by atoms with van der Waals surface area (Å²) in [6.45, 7) is 6.72. The zero-order valence-electron chi connectivity index (χ0n) is 18.9. The number of nitrogens with zero attached hydrogens (tertiary/aromatic N) is 2. The maximum atomic E-state index is 13.0. The van der Waals surface area contributed by atoms with Crippen LogP contribution in [0.15, 0.2) is 47.4 Å². The van der Waals surface area contributed by atoms with E-state index in [0.29, 0.717) is 32.1 Å². The molecule has 0 radical (unpaired) electrons. The first-order chi connectivity index (χ1) is 15.5. The van der Waals surface area contributed by atoms with Crippen LogP contribution in [-0.2, 0) is 21.2 Å². The fraction of sp³-hybridized carbons (Fsp3) is 0.500. The summed E-state index contributed by atoms with van der Waals surface area (Å²) in [6.07, 6.45) is 2.20. The summed E-state index contributed by atoms with van der Waals surface area (Å²) in [7, 11) is -1.50. The summed E-state index contributed by atoms with van der Waals surface area (Å²) in [6, 6.07) is 13.1. The molecule has 1 N–H and O–H groups in total. The highest BCUT2D eigenvalue weighted by atomic mass is 32.2. The van der Waals surface area contributed by atoms with E-state index >= 15 is 0 Å². The second kappa shape index (κ2) is 10.2. The van der Waals surface area contributed by atoms with Crippen LogP contribution in [0.25, 0.3) is 0 Å². The molecule has 32 heavy (non-hydrogen) atoms. The van der Waals surface area contributed by atoms with E-state index in [0.717, 1.165) is 38.0 Å². The molecule has 2 aromatic rings. The van der Waals surface area contributed by atoms with Crippen LogP contribution in [0.5, 0.6) is 5.75 Å². The van der Waals surface area contributed by atoms with E-state index in [4.69, 9.17) is 9.47 Å². The minimum atomic E-state index is -3.63. The van der Waals surface area contributed by atoms with Gasteiger partial charge in [0.05, 0.1) is 24.7 Å². The highest BCUT2D eigenvalue weighted by Crippen LogP contribution is 2.31. The summed E-state index contributed by atoms with van der Waals surface area (Å²) >= 11 is 0. The van der Waals surface area contributed by atoms with Crippen molar-refractivity contribution < 1.29 is 17.9 Å². The number of fused-ring (bicyclic) bond motifs is 1. The Balaban J connectivity index is 1.55. The zero-order valence-corrected chi connectivity index (χ0v) is 19.7. The van der Waals surface area contributed by atoms with Crippen molar-refractivity contribution in [2.24, 2.45) is 0 Å². The van der Waals surface area contributed by atoms with Gasteiger partial charge in [-0.3, -0.25) is 4.90 Å². The summed E-state index contributed by atoms with van der Waals surface area (Å²) in [5, 5.41) is 0. The Labute approximate surface area is 191 Å². The molecule has 2 aliphatic heterocycles. The standard InChI is InChI=1S/C24H33N3O4S/c1-3-31-21-7-9-22(10-8-21)32(28,29)25-18-24(27-13-15-30-16-14-27)20-6-11-23-19(17-20)5-4-12-26(23)2/h6-11,17,24-25H,3-5,12-16,18H2,1-2H3/t24-/m0/s1. The van der Waals surface area contributed by atoms with Gasteiger partial charge in [0.2, 0.25) is 10.0 Å². The van der Waals surface area contributed by atoms with Crippen molar-refractivity contribution in [3.05, 3.63) is 53.6 Å². The summed E-state index contributed by atoms with van der Waals surface area (Å²) in [4.78, 5) is 4.85. The predicted molar refractivity (Wildman–Crippen MR) is 126 cm³/mol. The van der Waals surface area contributed by atoms with E-state index in [2.05, 4.69) is 39.8 Å². The molecule has 2 aliphatic rings. The number of rotatable bonds is 8. The average Bonchev–Trinajstić information content (AvgIpc) is 2.81. The molecule has 8 heteroatoms. The number of sulfonamides is 1. The van der Waals surface area contributed by atoms with Crippen molar-refractivity contribution in [3.8, 4) is 5.75 Å². The molecule has 7 nitrogen and oxygen atoms in total. The topological polar surface area (TPSA) is 71.1 Å². The smallest absolute Gasteiger partial charge is 0.240 e. The van der Waals surface area contributed by atoms with Gasteiger partial charge in [0.1, 0.15) is 5.75 Å². The number of hydrogen-bond acceptors (Lipinski definition) is 6. The third-order valence-electron chi connectivity index (χ3n) is 6.24. The highest BCUT2D eigenvalue weighted by Gasteiger charge is 2.26. The first-order valence-electron chi connectivity index (χ1n) is 11.4. The molecule has 1 atom stereocenters. The molecule has 2 heterocycles. The number of aryl methyl sites for hydroxylation is 1. The van der Waals surface area contributed by atoms with Crippen molar-refractivity contribution >= 4 is 15.7 Å². The molecular weight excluding hydrogens is 426 g/mol. The number of anilines is 1. The third-order valence-corrected chi connectivity index (χ3v) is 7.68. The Bertz CT molecular complexity index is 1000.